The average Bonchev–Trinajstić information content (AvgIpc) is 2.83. The van der Waals surface area contributed by atoms with E-state index < -0.39 is 5.91 Å². The number of benzene rings is 1. The van der Waals surface area contributed by atoms with E-state index >= 15 is 0 Å². The van der Waals surface area contributed by atoms with E-state index in [-0.39, 0.29) is 6.61 Å². The fraction of sp³-hybridized carbons (Fsp3) is 0.143. The van der Waals surface area contributed by atoms with Crippen LogP contribution in [-0.4, -0.2) is 18.7 Å². The van der Waals surface area contributed by atoms with Crippen molar-refractivity contribution in [2.45, 2.75) is 6.92 Å². The standard InChI is InChI=1S/C14H12Cl2N2O3/c1-9-2-4-11(21-9)7-17-18-14(19)8-20-13-5-3-10(15)6-12(13)16/h2-7H,8H2,1H3,(H,18,19)/b17-7+. The van der Waals surface area contributed by atoms with Crippen molar-refractivity contribution in [1.29, 1.82) is 0 Å². The maximum atomic E-state index is 11.5. The molecule has 0 radical (unpaired) electrons. The molecule has 0 spiro atoms. The van der Waals surface area contributed by atoms with Gasteiger partial charge in [0.1, 0.15) is 17.3 Å². The molecule has 0 fully saturated rings. The first-order chi connectivity index (χ1) is 10.0. The van der Waals surface area contributed by atoms with E-state index in [9.17, 15) is 4.79 Å². The van der Waals surface area contributed by atoms with Crippen LogP contribution in [0.2, 0.25) is 10.0 Å². The summed E-state index contributed by atoms with van der Waals surface area (Å²) in [6, 6.07) is 8.29. The van der Waals surface area contributed by atoms with Crippen LogP contribution in [0, 0.1) is 6.92 Å². The molecule has 1 aromatic carbocycles. The summed E-state index contributed by atoms with van der Waals surface area (Å²) in [6.45, 7) is 1.61. The van der Waals surface area contributed by atoms with Gasteiger partial charge in [-0.05, 0) is 37.3 Å². The molecule has 0 aliphatic rings. The highest BCUT2D eigenvalue weighted by Gasteiger charge is 2.05. The van der Waals surface area contributed by atoms with Crippen LogP contribution in [0.25, 0.3) is 0 Å². The Hall–Kier alpha value is -1.98. The Kier molecular flexibility index (Phi) is 5.25. The largest absolute Gasteiger partial charge is 0.482 e. The van der Waals surface area contributed by atoms with E-state index in [4.69, 9.17) is 32.4 Å². The number of nitrogens with zero attached hydrogens (tertiary/aromatic N) is 1. The highest BCUT2D eigenvalue weighted by molar-refractivity contribution is 6.35. The van der Waals surface area contributed by atoms with Crippen LogP contribution < -0.4 is 10.2 Å². The van der Waals surface area contributed by atoms with Crippen LogP contribution in [0.1, 0.15) is 11.5 Å². The molecule has 0 saturated carbocycles. The van der Waals surface area contributed by atoms with Gasteiger partial charge < -0.3 is 9.15 Å². The van der Waals surface area contributed by atoms with E-state index in [1.54, 1.807) is 24.3 Å². The Bertz CT molecular complexity index is 668. The molecule has 0 bridgehead atoms. The van der Waals surface area contributed by atoms with Crippen molar-refractivity contribution in [1.82, 2.24) is 5.43 Å². The minimum Gasteiger partial charge on any atom is -0.482 e. The number of nitrogens with one attached hydrogen (secondary N) is 1. The summed E-state index contributed by atoms with van der Waals surface area (Å²) in [5.74, 6) is 1.28. The van der Waals surface area contributed by atoms with E-state index in [1.165, 1.54) is 12.3 Å². The zero-order chi connectivity index (χ0) is 15.2. The van der Waals surface area contributed by atoms with Crippen LogP contribution in [0.3, 0.4) is 0 Å². The van der Waals surface area contributed by atoms with Crippen LogP contribution in [0.15, 0.2) is 39.9 Å². The van der Waals surface area contributed by atoms with Crippen LogP contribution in [-0.2, 0) is 4.79 Å². The van der Waals surface area contributed by atoms with Crippen molar-refractivity contribution in [3.63, 3.8) is 0 Å². The minimum absolute atomic E-state index is 0.212. The zero-order valence-corrected chi connectivity index (χ0v) is 12.6. The molecule has 1 amide bonds. The van der Waals surface area contributed by atoms with Crippen molar-refractivity contribution in [2.24, 2.45) is 5.10 Å². The van der Waals surface area contributed by atoms with Gasteiger partial charge in [-0.25, -0.2) is 5.43 Å². The number of furan rings is 1. The van der Waals surface area contributed by atoms with Gasteiger partial charge in [0.15, 0.2) is 6.61 Å². The average molecular weight is 327 g/mol. The fourth-order valence-corrected chi connectivity index (χ4v) is 1.92. The maximum absolute atomic E-state index is 11.5. The Morgan fingerprint density at radius 3 is 2.86 bits per heavy atom. The number of rotatable bonds is 5. The van der Waals surface area contributed by atoms with Crippen molar-refractivity contribution in [3.8, 4) is 5.75 Å². The van der Waals surface area contributed by atoms with Gasteiger partial charge in [0.05, 0.1) is 11.2 Å². The second-order valence-electron chi connectivity index (χ2n) is 4.11. The first-order valence-corrected chi connectivity index (χ1v) is 6.76. The number of hydrazone groups is 1. The van der Waals surface area contributed by atoms with Crippen molar-refractivity contribution in [3.05, 3.63) is 51.9 Å². The summed E-state index contributed by atoms with van der Waals surface area (Å²) >= 11 is 11.7. The number of ether oxygens (including phenoxy) is 1. The zero-order valence-electron chi connectivity index (χ0n) is 11.1. The third-order valence-corrected chi connectivity index (χ3v) is 2.93. The van der Waals surface area contributed by atoms with Crippen LogP contribution in [0.4, 0.5) is 0 Å². The third kappa shape index (κ3) is 4.81. The molecular formula is C14H12Cl2N2O3. The number of aryl methyl sites for hydroxylation is 1. The van der Waals surface area contributed by atoms with Gasteiger partial charge in [0, 0.05) is 5.02 Å². The Labute approximate surface area is 131 Å². The lowest BCUT2D eigenvalue weighted by Gasteiger charge is -2.06. The molecule has 21 heavy (non-hydrogen) atoms. The summed E-state index contributed by atoms with van der Waals surface area (Å²) in [4.78, 5) is 11.5. The molecule has 110 valence electrons. The molecule has 1 N–H and O–H groups in total. The quantitative estimate of drug-likeness (QED) is 0.676. The molecule has 0 unspecified atom stereocenters. The van der Waals surface area contributed by atoms with Crippen LogP contribution in [0.5, 0.6) is 5.75 Å². The monoisotopic (exact) mass is 326 g/mol. The SMILES string of the molecule is Cc1ccc(/C=N/NC(=O)COc2ccc(Cl)cc2Cl)o1. The lowest BCUT2D eigenvalue weighted by molar-refractivity contribution is -0.123. The number of amides is 1. The van der Waals surface area contributed by atoms with Crippen molar-refractivity contribution in [2.75, 3.05) is 6.61 Å². The Morgan fingerprint density at radius 2 is 2.19 bits per heavy atom. The summed E-state index contributed by atoms with van der Waals surface area (Å²) in [6.07, 6.45) is 1.40. The van der Waals surface area contributed by atoms with Gasteiger partial charge in [-0.3, -0.25) is 4.79 Å². The van der Waals surface area contributed by atoms with Gasteiger partial charge in [-0.1, -0.05) is 23.2 Å². The number of carbonyl (C=O) groups excluding carboxylic acids is 1. The molecule has 0 saturated heterocycles. The summed E-state index contributed by atoms with van der Waals surface area (Å²) in [7, 11) is 0. The molecule has 2 rings (SSSR count). The predicted molar refractivity (Wildman–Crippen MR) is 81.1 cm³/mol. The maximum Gasteiger partial charge on any atom is 0.277 e. The molecule has 0 atom stereocenters. The molecule has 0 aliphatic carbocycles. The third-order valence-electron chi connectivity index (χ3n) is 2.39. The lowest BCUT2D eigenvalue weighted by atomic mass is 10.3. The molecule has 7 heteroatoms. The fourth-order valence-electron chi connectivity index (χ4n) is 1.46. The van der Waals surface area contributed by atoms with Gasteiger partial charge >= 0.3 is 0 Å². The Morgan fingerprint density at radius 1 is 1.38 bits per heavy atom. The van der Waals surface area contributed by atoms with Crippen molar-refractivity contribution < 1.29 is 13.9 Å². The number of halogens is 2. The number of hydrogen-bond acceptors (Lipinski definition) is 4. The molecule has 0 aliphatic heterocycles. The van der Waals surface area contributed by atoms with Gasteiger partial charge in [0.25, 0.3) is 5.91 Å². The van der Waals surface area contributed by atoms with Gasteiger partial charge in [0.2, 0.25) is 0 Å². The van der Waals surface area contributed by atoms with Gasteiger partial charge in [-0.2, -0.15) is 5.10 Å². The second-order valence-corrected chi connectivity index (χ2v) is 4.95. The number of carbonyl (C=O) groups is 1. The van der Waals surface area contributed by atoms with Crippen molar-refractivity contribution >= 4 is 35.3 Å². The molecule has 5 nitrogen and oxygen atoms in total. The summed E-state index contributed by atoms with van der Waals surface area (Å²) in [5.41, 5.74) is 2.32. The second kappa shape index (κ2) is 7.15. The topological polar surface area (TPSA) is 63.8 Å². The Balaban J connectivity index is 1.81. The minimum atomic E-state index is -0.416. The van der Waals surface area contributed by atoms with E-state index in [2.05, 4.69) is 10.5 Å². The smallest absolute Gasteiger partial charge is 0.277 e. The molecule has 2 aromatic rings. The van der Waals surface area contributed by atoms with Crippen LogP contribution >= 0.6 is 23.2 Å². The highest BCUT2D eigenvalue weighted by atomic mass is 35.5. The van der Waals surface area contributed by atoms with E-state index in [1.807, 2.05) is 6.92 Å². The molecule has 1 aromatic heterocycles. The number of hydrogen-bond donors (Lipinski definition) is 1. The first kappa shape index (κ1) is 15.4. The molecule has 1 heterocycles. The normalized spacial score (nSPS) is 10.8. The summed E-state index contributed by atoms with van der Waals surface area (Å²) < 4.78 is 10.5. The predicted octanol–water partition coefficient (Wildman–Crippen LogP) is 3.42. The lowest BCUT2D eigenvalue weighted by Crippen LogP contribution is -2.24. The van der Waals surface area contributed by atoms with E-state index in [0.29, 0.717) is 21.6 Å². The summed E-state index contributed by atoms with van der Waals surface area (Å²) in [5, 5.41) is 4.58. The van der Waals surface area contributed by atoms with Gasteiger partial charge in [-0.15, -0.1) is 0 Å². The van der Waals surface area contributed by atoms with E-state index in [0.717, 1.165) is 5.76 Å². The highest BCUT2D eigenvalue weighted by Crippen LogP contribution is 2.27. The first-order valence-electron chi connectivity index (χ1n) is 6.01. The molecular weight excluding hydrogens is 315 g/mol.